The molecule has 0 aliphatic rings. The van der Waals surface area contributed by atoms with Gasteiger partial charge in [0.2, 0.25) is 0 Å². The third-order valence-electron chi connectivity index (χ3n) is 2.37. The Bertz CT molecular complexity index is 532. The summed E-state index contributed by atoms with van der Waals surface area (Å²) in [6.07, 6.45) is 0. The van der Waals surface area contributed by atoms with Crippen molar-refractivity contribution in [2.75, 3.05) is 0 Å². The van der Waals surface area contributed by atoms with Crippen molar-refractivity contribution in [3.05, 3.63) is 59.7 Å². The molecule has 2 rings (SSSR count). The number of carboxylic acids is 1. The molecule has 0 fully saturated rings. The van der Waals surface area contributed by atoms with Crippen LogP contribution in [0.3, 0.4) is 0 Å². The normalized spacial score (nSPS) is 10.2. The first-order valence-corrected chi connectivity index (χ1v) is 6.05. The van der Waals surface area contributed by atoms with E-state index in [1.165, 1.54) is 17.3 Å². The van der Waals surface area contributed by atoms with Crippen molar-refractivity contribution in [3.63, 3.8) is 0 Å². The summed E-state index contributed by atoms with van der Waals surface area (Å²) in [6, 6.07) is 15.1. The number of rotatable bonds is 3. The van der Waals surface area contributed by atoms with E-state index in [1.54, 1.807) is 12.1 Å². The maximum absolute atomic E-state index is 11.1. The summed E-state index contributed by atoms with van der Waals surface area (Å²) in [6.45, 7) is 2.03. The fourth-order valence-electron chi connectivity index (χ4n) is 1.47. The van der Waals surface area contributed by atoms with E-state index in [0.29, 0.717) is 5.56 Å². The molecule has 86 valence electrons. The van der Waals surface area contributed by atoms with E-state index in [4.69, 9.17) is 5.11 Å². The first kappa shape index (κ1) is 11.7. The van der Waals surface area contributed by atoms with Gasteiger partial charge in [0.25, 0.3) is 0 Å². The number of aryl methyl sites for hydroxylation is 1. The fraction of sp³-hybridized carbons (Fsp3) is 0.0714. The second-order valence-electron chi connectivity index (χ2n) is 3.72. The smallest absolute Gasteiger partial charge is 0.336 e. The van der Waals surface area contributed by atoms with Gasteiger partial charge in [-0.25, -0.2) is 4.79 Å². The van der Waals surface area contributed by atoms with Crippen LogP contribution < -0.4 is 0 Å². The van der Waals surface area contributed by atoms with Gasteiger partial charge in [0.05, 0.1) is 5.56 Å². The standard InChI is InChI=1S/C14H12O2S/c1-10-6-8-11(9-7-10)17-13-5-3-2-4-12(13)14(15)16/h2-9H,1H3,(H,15,16). The molecule has 3 heteroatoms. The summed E-state index contributed by atoms with van der Waals surface area (Å²) in [5, 5.41) is 9.07. The largest absolute Gasteiger partial charge is 0.478 e. The summed E-state index contributed by atoms with van der Waals surface area (Å²) in [5.74, 6) is -0.889. The Labute approximate surface area is 104 Å². The van der Waals surface area contributed by atoms with E-state index < -0.39 is 5.97 Å². The van der Waals surface area contributed by atoms with E-state index >= 15 is 0 Å². The lowest BCUT2D eigenvalue weighted by molar-refractivity contribution is 0.0693. The molecule has 0 spiro atoms. The van der Waals surface area contributed by atoms with E-state index in [1.807, 2.05) is 43.3 Å². The van der Waals surface area contributed by atoms with Gasteiger partial charge in [-0.1, -0.05) is 41.6 Å². The van der Waals surface area contributed by atoms with Crippen molar-refractivity contribution < 1.29 is 9.90 Å². The molecular formula is C14H12O2S. The minimum Gasteiger partial charge on any atom is -0.478 e. The molecular weight excluding hydrogens is 232 g/mol. The number of hydrogen-bond acceptors (Lipinski definition) is 2. The molecule has 17 heavy (non-hydrogen) atoms. The van der Waals surface area contributed by atoms with Crippen molar-refractivity contribution >= 4 is 17.7 Å². The van der Waals surface area contributed by atoms with Crippen LogP contribution in [-0.2, 0) is 0 Å². The number of aromatic carboxylic acids is 1. The highest BCUT2D eigenvalue weighted by molar-refractivity contribution is 7.99. The molecule has 0 heterocycles. The summed E-state index contributed by atoms with van der Waals surface area (Å²) in [5.41, 5.74) is 1.54. The Morgan fingerprint density at radius 2 is 1.71 bits per heavy atom. The average molecular weight is 244 g/mol. The third kappa shape index (κ3) is 2.88. The summed E-state index contributed by atoms with van der Waals surface area (Å²) < 4.78 is 0. The molecule has 0 saturated carbocycles. The zero-order chi connectivity index (χ0) is 12.3. The Morgan fingerprint density at radius 3 is 2.35 bits per heavy atom. The highest BCUT2D eigenvalue weighted by Gasteiger charge is 2.09. The van der Waals surface area contributed by atoms with Gasteiger partial charge in [-0.05, 0) is 31.2 Å². The van der Waals surface area contributed by atoms with Crippen LogP contribution in [0.5, 0.6) is 0 Å². The van der Waals surface area contributed by atoms with Crippen LogP contribution in [-0.4, -0.2) is 11.1 Å². The fourth-order valence-corrected chi connectivity index (χ4v) is 2.40. The van der Waals surface area contributed by atoms with Crippen LogP contribution >= 0.6 is 11.8 Å². The molecule has 1 N–H and O–H groups in total. The Balaban J connectivity index is 2.30. The van der Waals surface area contributed by atoms with Crippen LogP contribution in [0.1, 0.15) is 15.9 Å². The number of carbonyl (C=O) groups is 1. The maximum atomic E-state index is 11.1. The number of benzene rings is 2. The van der Waals surface area contributed by atoms with Crippen molar-refractivity contribution in [3.8, 4) is 0 Å². The average Bonchev–Trinajstić information content (AvgIpc) is 2.32. The summed E-state index contributed by atoms with van der Waals surface area (Å²) >= 11 is 1.47. The van der Waals surface area contributed by atoms with Gasteiger partial charge in [0.1, 0.15) is 0 Å². The lowest BCUT2D eigenvalue weighted by Gasteiger charge is -2.05. The first-order chi connectivity index (χ1) is 8.16. The zero-order valence-electron chi connectivity index (χ0n) is 9.38. The van der Waals surface area contributed by atoms with E-state index in [0.717, 1.165) is 9.79 Å². The Kier molecular flexibility index (Phi) is 3.49. The molecule has 2 nitrogen and oxygen atoms in total. The number of hydrogen-bond donors (Lipinski definition) is 1. The molecule has 0 saturated heterocycles. The van der Waals surface area contributed by atoms with E-state index in [9.17, 15) is 4.79 Å². The lowest BCUT2D eigenvalue weighted by Crippen LogP contribution is -1.97. The van der Waals surface area contributed by atoms with Gasteiger partial charge in [0.15, 0.2) is 0 Å². The minimum absolute atomic E-state index is 0.345. The predicted molar refractivity (Wildman–Crippen MR) is 68.7 cm³/mol. The molecule has 2 aromatic rings. The first-order valence-electron chi connectivity index (χ1n) is 5.23. The van der Waals surface area contributed by atoms with Gasteiger partial charge in [-0.3, -0.25) is 0 Å². The molecule has 0 aliphatic heterocycles. The molecule has 0 unspecified atom stereocenters. The van der Waals surface area contributed by atoms with Gasteiger partial charge >= 0.3 is 5.97 Å². The second-order valence-corrected chi connectivity index (χ2v) is 4.83. The van der Waals surface area contributed by atoms with Crippen molar-refractivity contribution in [2.45, 2.75) is 16.7 Å². The van der Waals surface area contributed by atoms with Crippen molar-refractivity contribution in [1.82, 2.24) is 0 Å². The van der Waals surface area contributed by atoms with Crippen LogP contribution in [0.15, 0.2) is 58.3 Å². The highest BCUT2D eigenvalue weighted by atomic mass is 32.2. The van der Waals surface area contributed by atoms with Gasteiger partial charge < -0.3 is 5.11 Å². The van der Waals surface area contributed by atoms with Gasteiger partial charge in [-0.15, -0.1) is 0 Å². The third-order valence-corrected chi connectivity index (χ3v) is 3.45. The predicted octanol–water partition coefficient (Wildman–Crippen LogP) is 3.84. The summed E-state index contributed by atoms with van der Waals surface area (Å²) in [4.78, 5) is 12.9. The summed E-state index contributed by atoms with van der Waals surface area (Å²) in [7, 11) is 0. The highest BCUT2D eigenvalue weighted by Crippen LogP contribution is 2.30. The molecule has 0 radical (unpaired) electrons. The quantitative estimate of drug-likeness (QED) is 0.891. The number of carboxylic acid groups (broad SMARTS) is 1. The molecule has 0 amide bonds. The van der Waals surface area contributed by atoms with Gasteiger partial charge in [0, 0.05) is 9.79 Å². The SMILES string of the molecule is Cc1ccc(Sc2ccccc2C(=O)O)cc1. The van der Waals surface area contributed by atoms with Crippen molar-refractivity contribution in [1.29, 1.82) is 0 Å². The molecule has 0 atom stereocenters. The second kappa shape index (κ2) is 5.06. The van der Waals surface area contributed by atoms with Crippen LogP contribution in [0.4, 0.5) is 0 Å². The maximum Gasteiger partial charge on any atom is 0.336 e. The molecule has 0 aliphatic carbocycles. The monoisotopic (exact) mass is 244 g/mol. The van der Waals surface area contributed by atoms with Crippen molar-refractivity contribution in [2.24, 2.45) is 0 Å². The zero-order valence-corrected chi connectivity index (χ0v) is 10.2. The Hall–Kier alpha value is -1.74. The molecule has 0 bridgehead atoms. The lowest BCUT2D eigenvalue weighted by atomic mass is 10.2. The van der Waals surface area contributed by atoms with Crippen LogP contribution in [0.2, 0.25) is 0 Å². The van der Waals surface area contributed by atoms with Crippen LogP contribution in [0, 0.1) is 6.92 Å². The minimum atomic E-state index is -0.889. The van der Waals surface area contributed by atoms with Crippen LogP contribution in [0.25, 0.3) is 0 Å². The van der Waals surface area contributed by atoms with E-state index in [-0.39, 0.29) is 0 Å². The topological polar surface area (TPSA) is 37.3 Å². The molecule has 0 aromatic heterocycles. The molecule has 2 aromatic carbocycles. The Morgan fingerprint density at radius 1 is 1.06 bits per heavy atom. The van der Waals surface area contributed by atoms with E-state index in [2.05, 4.69) is 0 Å². The van der Waals surface area contributed by atoms with Gasteiger partial charge in [-0.2, -0.15) is 0 Å².